The Morgan fingerprint density at radius 2 is 1.95 bits per heavy atom. The van der Waals surface area contributed by atoms with E-state index >= 15 is 0 Å². The number of amides is 1. The van der Waals surface area contributed by atoms with E-state index in [1.807, 2.05) is 18.7 Å². The van der Waals surface area contributed by atoms with E-state index in [9.17, 15) is 4.79 Å². The van der Waals surface area contributed by atoms with Crippen molar-refractivity contribution in [2.75, 3.05) is 19.6 Å². The van der Waals surface area contributed by atoms with Gasteiger partial charge in [0.2, 0.25) is 5.91 Å². The zero-order valence-electron chi connectivity index (χ0n) is 12.7. The van der Waals surface area contributed by atoms with Crippen LogP contribution in [0.3, 0.4) is 0 Å². The van der Waals surface area contributed by atoms with Gasteiger partial charge in [-0.05, 0) is 32.1 Å². The summed E-state index contributed by atoms with van der Waals surface area (Å²) in [6.45, 7) is 10.6. The Balaban J connectivity index is 1.81. The van der Waals surface area contributed by atoms with Crippen LogP contribution in [0.15, 0.2) is 0 Å². The highest BCUT2D eigenvalue weighted by Gasteiger charge is 2.35. The normalized spacial score (nSPS) is 34.5. The van der Waals surface area contributed by atoms with Crippen molar-refractivity contribution in [1.82, 2.24) is 10.2 Å². The van der Waals surface area contributed by atoms with Crippen molar-refractivity contribution >= 4 is 5.91 Å². The summed E-state index contributed by atoms with van der Waals surface area (Å²) < 4.78 is 5.66. The maximum Gasteiger partial charge on any atom is 0.236 e. The molecule has 4 nitrogen and oxygen atoms in total. The maximum atomic E-state index is 12.3. The molecule has 2 fully saturated rings. The lowest BCUT2D eigenvalue weighted by Crippen LogP contribution is -2.52. The fourth-order valence-electron chi connectivity index (χ4n) is 3.41. The number of carbonyl (C=O) groups excluding carboxylic acids is 1. The molecule has 1 aliphatic heterocycles. The minimum atomic E-state index is 0.149. The van der Waals surface area contributed by atoms with E-state index in [4.69, 9.17) is 4.74 Å². The Hall–Kier alpha value is -0.610. The lowest BCUT2D eigenvalue weighted by molar-refractivity contribution is -0.142. The van der Waals surface area contributed by atoms with Crippen molar-refractivity contribution in [3.63, 3.8) is 0 Å². The van der Waals surface area contributed by atoms with Crippen molar-refractivity contribution in [2.24, 2.45) is 5.41 Å². The highest BCUT2D eigenvalue weighted by atomic mass is 16.5. The van der Waals surface area contributed by atoms with Gasteiger partial charge < -0.3 is 15.0 Å². The lowest BCUT2D eigenvalue weighted by Gasteiger charge is -2.36. The molecule has 1 saturated heterocycles. The van der Waals surface area contributed by atoms with E-state index in [2.05, 4.69) is 19.2 Å². The second-order valence-electron chi connectivity index (χ2n) is 6.87. The number of ether oxygens (including phenoxy) is 1. The van der Waals surface area contributed by atoms with Gasteiger partial charge in [0, 0.05) is 19.1 Å². The first-order valence-corrected chi connectivity index (χ1v) is 7.55. The van der Waals surface area contributed by atoms with Crippen LogP contribution >= 0.6 is 0 Å². The number of morpholine rings is 1. The molecule has 0 aromatic rings. The molecular weight excluding hydrogens is 240 g/mol. The van der Waals surface area contributed by atoms with E-state index < -0.39 is 0 Å². The Kier molecular flexibility index (Phi) is 4.51. The van der Waals surface area contributed by atoms with E-state index in [1.54, 1.807) is 0 Å². The summed E-state index contributed by atoms with van der Waals surface area (Å²) in [7, 11) is 0. The van der Waals surface area contributed by atoms with E-state index in [0.29, 0.717) is 18.0 Å². The van der Waals surface area contributed by atoms with Gasteiger partial charge in [-0.1, -0.05) is 20.3 Å². The van der Waals surface area contributed by atoms with Crippen molar-refractivity contribution < 1.29 is 9.53 Å². The molecule has 0 aromatic heterocycles. The molecule has 1 aliphatic carbocycles. The number of carbonyl (C=O) groups is 1. The third-order valence-corrected chi connectivity index (χ3v) is 4.53. The number of hydrogen-bond acceptors (Lipinski definition) is 3. The average Bonchev–Trinajstić information content (AvgIpc) is 2.64. The van der Waals surface area contributed by atoms with E-state index in [0.717, 1.165) is 13.1 Å². The van der Waals surface area contributed by atoms with Gasteiger partial charge in [0.1, 0.15) is 0 Å². The first kappa shape index (κ1) is 14.8. The van der Waals surface area contributed by atoms with Crippen LogP contribution in [0.1, 0.15) is 47.0 Å². The van der Waals surface area contributed by atoms with Crippen LogP contribution < -0.4 is 5.32 Å². The molecule has 4 heteroatoms. The van der Waals surface area contributed by atoms with Crippen LogP contribution in [0.5, 0.6) is 0 Å². The zero-order valence-corrected chi connectivity index (χ0v) is 12.7. The van der Waals surface area contributed by atoms with Gasteiger partial charge >= 0.3 is 0 Å². The van der Waals surface area contributed by atoms with Gasteiger partial charge in [-0.25, -0.2) is 0 Å². The fraction of sp³-hybridized carbons (Fsp3) is 0.933. The Bertz CT molecular complexity index is 320. The van der Waals surface area contributed by atoms with Crippen molar-refractivity contribution in [3.05, 3.63) is 0 Å². The lowest BCUT2D eigenvalue weighted by atomic mass is 9.87. The largest absolute Gasteiger partial charge is 0.372 e. The summed E-state index contributed by atoms with van der Waals surface area (Å²) in [6, 6.07) is 0.479. The summed E-state index contributed by atoms with van der Waals surface area (Å²) in [5.41, 5.74) is 0.325. The molecule has 1 saturated carbocycles. The number of hydrogen-bond donors (Lipinski definition) is 1. The Morgan fingerprint density at radius 1 is 1.32 bits per heavy atom. The minimum Gasteiger partial charge on any atom is -0.372 e. The molecule has 0 aromatic carbocycles. The molecule has 0 spiro atoms. The molecule has 1 N–H and O–H groups in total. The molecule has 0 unspecified atom stereocenters. The van der Waals surface area contributed by atoms with Crippen molar-refractivity contribution in [2.45, 2.75) is 65.2 Å². The molecule has 2 aliphatic rings. The van der Waals surface area contributed by atoms with Crippen molar-refractivity contribution in [1.29, 1.82) is 0 Å². The number of rotatable bonds is 3. The topological polar surface area (TPSA) is 41.6 Å². The molecule has 0 radical (unpaired) electrons. The molecule has 19 heavy (non-hydrogen) atoms. The average molecular weight is 268 g/mol. The van der Waals surface area contributed by atoms with Crippen LogP contribution in [0.4, 0.5) is 0 Å². The molecule has 1 amide bonds. The SMILES string of the molecule is C[C@@H]1CN(C(=O)CN[C@H]2CCCC2(C)C)C[C@@H](C)O1. The van der Waals surface area contributed by atoms with Gasteiger partial charge in [-0.3, -0.25) is 4.79 Å². The van der Waals surface area contributed by atoms with Crippen LogP contribution in [0.25, 0.3) is 0 Å². The van der Waals surface area contributed by atoms with Gasteiger partial charge in [0.05, 0.1) is 18.8 Å². The summed E-state index contributed by atoms with van der Waals surface area (Å²) in [4.78, 5) is 14.2. The summed E-state index contributed by atoms with van der Waals surface area (Å²) in [5.74, 6) is 0.213. The zero-order chi connectivity index (χ0) is 14.0. The number of nitrogens with zero attached hydrogens (tertiary/aromatic N) is 1. The molecule has 1 heterocycles. The van der Waals surface area contributed by atoms with Crippen LogP contribution in [-0.2, 0) is 9.53 Å². The van der Waals surface area contributed by atoms with Crippen LogP contribution in [0, 0.1) is 5.41 Å². The minimum absolute atomic E-state index is 0.149. The quantitative estimate of drug-likeness (QED) is 0.848. The monoisotopic (exact) mass is 268 g/mol. The third kappa shape index (κ3) is 3.69. The van der Waals surface area contributed by atoms with Gasteiger partial charge in [0.15, 0.2) is 0 Å². The highest BCUT2D eigenvalue weighted by molar-refractivity contribution is 5.78. The summed E-state index contributed by atoms with van der Waals surface area (Å²) in [6.07, 6.45) is 4.01. The molecule has 3 atom stereocenters. The third-order valence-electron chi connectivity index (χ3n) is 4.53. The second kappa shape index (κ2) is 5.80. The van der Waals surface area contributed by atoms with Gasteiger partial charge in [-0.15, -0.1) is 0 Å². The predicted octanol–water partition coefficient (Wildman–Crippen LogP) is 1.79. The van der Waals surface area contributed by atoms with Gasteiger partial charge in [0.25, 0.3) is 0 Å². The molecule has 2 rings (SSSR count). The van der Waals surface area contributed by atoms with Crippen LogP contribution in [0.2, 0.25) is 0 Å². The maximum absolute atomic E-state index is 12.3. The van der Waals surface area contributed by atoms with Gasteiger partial charge in [-0.2, -0.15) is 0 Å². The Morgan fingerprint density at radius 3 is 2.47 bits per heavy atom. The molecule has 0 bridgehead atoms. The first-order chi connectivity index (χ1) is 8.88. The van der Waals surface area contributed by atoms with Crippen LogP contribution in [-0.4, -0.2) is 48.7 Å². The number of nitrogens with one attached hydrogen (secondary N) is 1. The van der Waals surface area contributed by atoms with E-state index in [1.165, 1.54) is 19.3 Å². The first-order valence-electron chi connectivity index (χ1n) is 7.55. The smallest absolute Gasteiger partial charge is 0.236 e. The Labute approximate surface area is 116 Å². The predicted molar refractivity (Wildman–Crippen MR) is 76.0 cm³/mol. The van der Waals surface area contributed by atoms with E-state index in [-0.39, 0.29) is 18.1 Å². The molecular formula is C15H28N2O2. The summed E-state index contributed by atoms with van der Waals surface area (Å²) >= 11 is 0. The molecule has 110 valence electrons. The second-order valence-corrected chi connectivity index (χ2v) is 6.87. The fourth-order valence-corrected chi connectivity index (χ4v) is 3.41. The summed E-state index contributed by atoms with van der Waals surface area (Å²) in [5, 5.41) is 3.47. The highest BCUT2D eigenvalue weighted by Crippen LogP contribution is 2.37. The standard InChI is InChI=1S/C15H28N2O2/c1-11-9-17(10-12(2)19-11)14(18)8-16-13-6-5-7-15(13,3)4/h11-13,16H,5-10H2,1-4H3/t11-,12-,13+/m1/s1. The van der Waals surface area contributed by atoms with Crippen molar-refractivity contribution in [3.8, 4) is 0 Å².